The molecule has 0 saturated heterocycles. The van der Waals surface area contributed by atoms with Crippen molar-refractivity contribution in [3.8, 4) is 17.2 Å². The van der Waals surface area contributed by atoms with Crippen LogP contribution in [-0.2, 0) is 9.53 Å². The number of hydrazone groups is 1. The van der Waals surface area contributed by atoms with Gasteiger partial charge in [0.05, 0.1) is 39.7 Å². The van der Waals surface area contributed by atoms with Gasteiger partial charge < -0.3 is 23.8 Å². The molecule has 0 bridgehead atoms. The fraction of sp³-hybridized carbons (Fsp3) is 0.300. The van der Waals surface area contributed by atoms with Crippen LogP contribution in [-0.4, -0.2) is 75.6 Å². The number of carbonyl (C=O) groups excluding carboxylic acids is 2. The molecule has 1 heterocycles. The van der Waals surface area contributed by atoms with E-state index in [1.54, 1.807) is 62.8 Å². The summed E-state index contributed by atoms with van der Waals surface area (Å²) in [6.45, 7) is 0.229. The number of nitrogens with zero attached hydrogens (tertiary/aromatic N) is 3. The zero-order valence-corrected chi connectivity index (χ0v) is 22.9. The molecule has 1 aliphatic heterocycles. The number of amides is 2. The van der Waals surface area contributed by atoms with Gasteiger partial charge in [0, 0.05) is 25.6 Å². The SMILES string of the molecule is COCCN(CC(=O)N1N=C(c2ccc(F)cc2)C[C@@H]1c1ccc(OC)c(OC)c1)C(=O)c1ccc(OC)cc1. The normalized spacial score (nSPS) is 14.5. The van der Waals surface area contributed by atoms with Gasteiger partial charge in [0.15, 0.2) is 11.5 Å². The highest BCUT2D eigenvalue weighted by Crippen LogP contribution is 2.37. The lowest BCUT2D eigenvalue weighted by Gasteiger charge is -2.27. The molecule has 0 spiro atoms. The molecule has 1 aliphatic rings. The van der Waals surface area contributed by atoms with Gasteiger partial charge >= 0.3 is 0 Å². The van der Waals surface area contributed by atoms with E-state index >= 15 is 0 Å². The highest BCUT2D eigenvalue weighted by atomic mass is 19.1. The predicted molar refractivity (Wildman–Crippen MR) is 147 cm³/mol. The van der Waals surface area contributed by atoms with Crippen LogP contribution in [0.5, 0.6) is 17.2 Å². The van der Waals surface area contributed by atoms with Gasteiger partial charge in [-0.25, -0.2) is 9.40 Å². The summed E-state index contributed by atoms with van der Waals surface area (Å²) < 4.78 is 34.8. The molecule has 1 atom stereocenters. The van der Waals surface area contributed by atoms with Gasteiger partial charge in [-0.15, -0.1) is 0 Å². The first kappa shape index (κ1) is 28.6. The summed E-state index contributed by atoms with van der Waals surface area (Å²) >= 11 is 0. The summed E-state index contributed by atoms with van der Waals surface area (Å²) in [7, 11) is 6.17. The molecule has 0 radical (unpaired) electrons. The first-order valence-electron chi connectivity index (χ1n) is 12.7. The fourth-order valence-corrected chi connectivity index (χ4v) is 4.48. The molecule has 40 heavy (non-hydrogen) atoms. The Morgan fingerprint density at radius 3 is 2.25 bits per heavy atom. The van der Waals surface area contributed by atoms with Crippen molar-refractivity contribution < 1.29 is 32.9 Å². The molecule has 9 nitrogen and oxygen atoms in total. The molecule has 4 rings (SSSR count). The molecule has 0 unspecified atom stereocenters. The number of ether oxygens (including phenoxy) is 4. The maximum atomic E-state index is 13.8. The number of benzene rings is 3. The van der Waals surface area contributed by atoms with Crippen LogP contribution in [0.4, 0.5) is 4.39 Å². The maximum Gasteiger partial charge on any atom is 0.262 e. The van der Waals surface area contributed by atoms with E-state index in [1.165, 1.54) is 36.3 Å². The Labute approximate surface area is 232 Å². The standard InChI is InChI=1S/C30H32FN3O6/c1-37-16-15-33(30(36)21-7-12-24(38-2)13-8-21)19-29(35)34-26(22-9-14-27(39-3)28(17-22)40-4)18-25(32-34)20-5-10-23(31)11-6-20/h5-14,17,26H,15-16,18-19H2,1-4H3/t26-/m1/s1. The van der Waals surface area contributed by atoms with Crippen LogP contribution in [0.3, 0.4) is 0 Å². The zero-order chi connectivity index (χ0) is 28.6. The van der Waals surface area contributed by atoms with E-state index in [2.05, 4.69) is 5.10 Å². The number of rotatable bonds is 11. The first-order chi connectivity index (χ1) is 19.4. The summed E-state index contributed by atoms with van der Waals surface area (Å²) in [6.07, 6.45) is 0.386. The van der Waals surface area contributed by atoms with Crippen LogP contribution in [0.15, 0.2) is 71.8 Å². The minimum Gasteiger partial charge on any atom is -0.497 e. The van der Waals surface area contributed by atoms with E-state index in [0.717, 1.165) is 5.56 Å². The van der Waals surface area contributed by atoms with Crippen LogP contribution in [0.2, 0.25) is 0 Å². The Hall–Kier alpha value is -4.44. The molecule has 0 aromatic heterocycles. The van der Waals surface area contributed by atoms with Gasteiger partial charge in [-0.3, -0.25) is 9.59 Å². The molecule has 2 amide bonds. The first-order valence-corrected chi connectivity index (χ1v) is 12.7. The lowest BCUT2D eigenvalue weighted by atomic mass is 9.98. The number of hydrogen-bond donors (Lipinski definition) is 0. The van der Waals surface area contributed by atoms with Crippen molar-refractivity contribution in [2.45, 2.75) is 12.5 Å². The van der Waals surface area contributed by atoms with Crippen molar-refractivity contribution in [2.24, 2.45) is 5.10 Å². The lowest BCUT2D eigenvalue weighted by molar-refractivity contribution is -0.133. The highest BCUT2D eigenvalue weighted by molar-refractivity contribution is 6.03. The minimum absolute atomic E-state index is 0.205. The van der Waals surface area contributed by atoms with Crippen LogP contribution in [0.25, 0.3) is 0 Å². The molecule has 0 fully saturated rings. The molecule has 210 valence electrons. The highest BCUT2D eigenvalue weighted by Gasteiger charge is 2.35. The molecular weight excluding hydrogens is 517 g/mol. The summed E-state index contributed by atoms with van der Waals surface area (Å²) in [4.78, 5) is 28.6. The van der Waals surface area contributed by atoms with E-state index in [1.807, 2.05) is 6.07 Å². The van der Waals surface area contributed by atoms with Crippen LogP contribution in [0.1, 0.15) is 33.9 Å². The minimum atomic E-state index is -0.479. The second kappa shape index (κ2) is 13.1. The van der Waals surface area contributed by atoms with Crippen molar-refractivity contribution in [1.82, 2.24) is 9.91 Å². The monoisotopic (exact) mass is 549 g/mol. The largest absolute Gasteiger partial charge is 0.497 e. The summed E-state index contributed by atoms with van der Waals surface area (Å²) in [5.41, 5.74) is 2.51. The third-order valence-corrected chi connectivity index (χ3v) is 6.65. The second-order valence-electron chi connectivity index (χ2n) is 9.07. The average Bonchev–Trinajstić information content (AvgIpc) is 3.44. The van der Waals surface area contributed by atoms with Crippen molar-refractivity contribution in [3.05, 3.63) is 89.2 Å². The molecule has 0 N–H and O–H groups in total. The van der Waals surface area contributed by atoms with Gasteiger partial charge in [-0.05, 0) is 59.7 Å². The van der Waals surface area contributed by atoms with E-state index in [9.17, 15) is 14.0 Å². The van der Waals surface area contributed by atoms with E-state index in [4.69, 9.17) is 18.9 Å². The molecule has 3 aromatic rings. The van der Waals surface area contributed by atoms with Crippen LogP contribution >= 0.6 is 0 Å². The zero-order valence-electron chi connectivity index (χ0n) is 22.9. The molecule has 10 heteroatoms. The van der Waals surface area contributed by atoms with Crippen LogP contribution in [0, 0.1) is 5.82 Å². The Kier molecular flexibility index (Phi) is 9.34. The Morgan fingerprint density at radius 2 is 1.62 bits per heavy atom. The van der Waals surface area contributed by atoms with Gasteiger partial charge in [0.2, 0.25) is 0 Å². The van der Waals surface area contributed by atoms with Crippen molar-refractivity contribution in [1.29, 1.82) is 0 Å². The van der Waals surface area contributed by atoms with Gasteiger partial charge in [-0.2, -0.15) is 5.10 Å². The third-order valence-electron chi connectivity index (χ3n) is 6.65. The smallest absolute Gasteiger partial charge is 0.262 e. The molecule has 3 aromatic carbocycles. The number of halogens is 1. The fourth-order valence-electron chi connectivity index (χ4n) is 4.48. The molecule has 0 aliphatic carbocycles. The molecule has 0 saturated carbocycles. The third kappa shape index (κ3) is 6.40. The number of methoxy groups -OCH3 is 4. The van der Waals surface area contributed by atoms with Gasteiger partial charge in [0.1, 0.15) is 18.1 Å². The van der Waals surface area contributed by atoms with E-state index < -0.39 is 6.04 Å². The topological polar surface area (TPSA) is 89.9 Å². The average molecular weight is 550 g/mol. The lowest BCUT2D eigenvalue weighted by Crippen LogP contribution is -2.42. The van der Waals surface area contributed by atoms with Crippen molar-refractivity contribution in [3.63, 3.8) is 0 Å². The van der Waals surface area contributed by atoms with Gasteiger partial charge in [0.25, 0.3) is 11.8 Å². The van der Waals surface area contributed by atoms with E-state index in [0.29, 0.717) is 40.5 Å². The van der Waals surface area contributed by atoms with Crippen LogP contribution < -0.4 is 14.2 Å². The quantitative estimate of drug-likeness (QED) is 0.354. The summed E-state index contributed by atoms with van der Waals surface area (Å²) in [6, 6.07) is 17.6. The Bertz CT molecular complexity index is 1360. The summed E-state index contributed by atoms with van der Waals surface area (Å²) in [5, 5.41) is 6.04. The molecular formula is C30H32FN3O6. The Morgan fingerprint density at radius 1 is 0.925 bits per heavy atom. The maximum absolute atomic E-state index is 13.8. The predicted octanol–water partition coefficient (Wildman–Crippen LogP) is 4.32. The Balaban J connectivity index is 1.65. The van der Waals surface area contributed by atoms with Gasteiger partial charge in [-0.1, -0.05) is 18.2 Å². The number of carbonyl (C=O) groups is 2. The van der Waals surface area contributed by atoms with E-state index in [-0.39, 0.29) is 37.3 Å². The summed E-state index contributed by atoms with van der Waals surface area (Å²) in [5.74, 6) is 0.621. The number of hydrogen-bond acceptors (Lipinski definition) is 7. The second-order valence-corrected chi connectivity index (χ2v) is 9.07. The van der Waals surface area contributed by atoms with Crippen molar-refractivity contribution in [2.75, 3.05) is 48.1 Å². The van der Waals surface area contributed by atoms with Crippen molar-refractivity contribution >= 4 is 17.5 Å².